The Labute approximate surface area is 185 Å². The highest BCUT2D eigenvalue weighted by Gasteiger charge is 2.27. The number of hydrogen-bond donors (Lipinski definition) is 2. The van der Waals surface area contributed by atoms with E-state index in [4.69, 9.17) is 14.2 Å². The molecule has 2 N–H and O–H groups in total. The van der Waals surface area contributed by atoms with E-state index in [1.807, 2.05) is 18.2 Å². The molecule has 0 aliphatic heterocycles. The number of ketones is 1. The van der Waals surface area contributed by atoms with E-state index in [2.05, 4.69) is 5.32 Å². The number of para-hydroxylation sites is 1. The number of ether oxygens (including phenoxy) is 3. The number of nitrogens with one attached hydrogen (secondary N) is 1. The van der Waals surface area contributed by atoms with Crippen LogP contribution in [0.4, 0.5) is 0 Å². The summed E-state index contributed by atoms with van der Waals surface area (Å²) in [6.07, 6.45) is -0.964. The number of fused-ring (bicyclic) bond motifs is 3. The molecule has 3 aromatic carbocycles. The van der Waals surface area contributed by atoms with Gasteiger partial charge < -0.3 is 24.6 Å². The monoisotopic (exact) mass is 433 g/mol. The van der Waals surface area contributed by atoms with Gasteiger partial charge in [-0.3, -0.25) is 9.59 Å². The maximum absolute atomic E-state index is 12.6. The van der Waals surface area contributed by atoms with Gasteiger partial charge in [-0.2, -0.15) is 0 Å². The van der Waals surface area contributed by atoms with Crippen LogP contribution >= 0.6 is 0 Å². The number of rotatable bonds is 8. The van der Waals surface area contributed by atoms with Crippen LogP contribution in [0.25, 0.3) is 11.1 Å². The van der Waals surface area contributed by atoms with Gasteiger partial charge in [-0.25, -0.2) is 0 Å². The van der Waals surface area contributed by atoms with Crippen molar-refractivity contribution in [3.63, 3.8) is 0 Å². The van der Waals surface area contributed by atoms with E-state index in [1.165, 1.54) is 14.2 Å². The lowest BCUT2D eigenvalue weighted by molar-refractivity contribution is 0.0833. The Bertz CT molecular complexity index is 1150. The third-order valence-corrected chi connectivity index (χ3v) is 5.29. The maximum Gasteiger partial charge on any atom is 0.251 e. The normalized spacial score (nSPS) is 12.5. The summed E-state index contributed by atoms with van der Waals surface area (Å²) in [4.78, 5) is 25.2. The van der Waals surface area contributed by atoms with Gasteiger partial charge in [0.2, 0.25) is 5.75 Å². The number of aliphatic hydroxyl groups excluding tert-OH is 1. The first-order valence-electron chi connectivity index (χ1n) is 10.1. The molecule has 1 amide bonds. The van der Waals surface area contributed by atoms with E-state index in [1.54, 1.807) is 42.5 Å². The molecule has 1 atom stereocenters. The van der Waals surface area contributed by atoms with Gasteiger partial charge in [-0.05, 0) is 35.4 Å². The average molecular weight is 433 g/mol. The molecule has 0 saturated carbocycles. The summed E-state index contributed by atoms with van der Waals surface area (Å²) in [5.41, 5.74) is 3.19. The fraction of sp³-hybridized carbons (Fsp3) is 0.200. The second-order valence-corrected chi connectivity index (χ2v) is 7.30. The minimum Gasteiger partial charge on any atom is -0.493 e. The minimum absolute atomic E-state index is 0.0262. The van der Waals surface area contributed by atoms with E-state index < -0.39 is 6.10 Å². The molecule has 0 saturated heterocycles. The summed E-state index contributed by atoms with van der Waals surface area (Å²) < 4.78 is 16.2. The molecule has 0 fully saturated rings. The first-order chi connectivity index (χ1) is 15.5. The van der Waals surface area contributed by atoms with Gasteiger partial charge in [0.05, 0.1) is 14.2 Å². The summed E-state index contributed by atoms with van der Waals surface area (Å²) in [5, 5.41) is 12.9. The quantitative estimate of drug-likeness (QED) is 0.444. The number of hydrogen-bond acceptors (Lipinski definition) is 6. The fourth-order valence-electron chi connectivity index (χ4n) is 3.68. The summed E-state index contributed by atoms with van der Waals surface area (Å²) in [6, 6.07) is 17.6. The van der Waals surface area contributed by atoms with Crippen LogP contribution in [0.5, 0.6) is 17.2 Å². The lowest BCUT2D eigenvalue weighted by atomic mass is 10.0. The van der Waals surface area contributed by atoms with Crippen LogP contribution in [0.1, 0.15) is 26.3 Å². The number of benzene rings is 3. The lowest BCUT2D eigenvalue weighted by Crippen LogP contribution is -2.35. The average Bonchev–Trinajstić information content (AvgIpc) is 3.12. The fourth-order valence-corrected chi connectivity index (χ4v) is 3.68. The zero-order valence-electron chi connectivity index (χ0n) is 17.8. The molecule has 3 aromatic rings. The highest BCUT2D eigenvalue weighted by Crippen LogP contribution is 2.37. The molecule has 4 rings (SSSR count). The van der Waals surface area contributed by atoms with Gasteiger partial charge in [0.15, 0.2) is 17.3 Å². The van der Waals surface area contributed by atoms with Crippen molar-refractivity contribution >= 4 is 11.7 Å². The number of amides is 1. The molecule has 0 heterocycles. The highest BCUT2D eigenvalue weighted by atomic mass is 16.5. The van der Waals surface area contributed by atoms with Gasteiger partial charge in [0, 0.05) is 23.2 Å². The first-order valence-corrected chi connectivity index (χ1v) is 10.1. The number of carbonyl (C=O) groups excluding carboxylic acids is 2. The number of aliphatic hydroxyl groups is 1. The Morgan fingerprint density at radius 1 is 0.906 bits per heavy atom. The van der Waals surface area contributed by atoms with E-state index in [0.717, 1.165) is 11.1 Å². The van der Waals surface area contributed by atoms with Crippen LogP contribution in [0, 0.1) is 0 Å². The van der Waals surface area contributed by atoms with Crippen LogP contribution in [0.15, 0.2) is 60.7 Å². The standard InChI is InChI=1S/C25H23NO6/c1-30-21-8-5-9-22(31-2)24(21)32-14-16(27)13-26-25(29)15-10-11-18-17-6-3-4-7-19(17)23(28)20(18)12-15/h3-12,16,27H,13-14H2,1-2H3,(H,26,29). The van der Waals surface area contributed by atoms with Crippen LogP contribution in [-0.4, -0.2) is 50.3 Å². The molecule has 1 unspecified atom stereocenters. The van der Waals surface area contributed by atoms with E-state index in [0.29, 0.717) is 33.9 Å². The molecule has 7 nitrogen and oxygen atoms in total. The lowest BCUT2D eigenvalue weighted by Gasteiger charge is -2.17. The predicted molar refractivity (Wildman–Crippen MR) is 119 cm³/mol. The summed E-state index contributed by atoms with van der Waals surface area (Å²) in [6.45, 7) is -0.101. The van der Waals surface area contributed by atoms with Crippen LogP contribution < -0.4 is 19.5 Å². The van der Waals surface area contributed by atoms with E-state index in [9.17, 15) is 14.7 Å². The Kier molecular flexibility index (Phi) is 6.09. The van der Waals surface area contributed by atoms with Crippen LogP contribution in [0.3, 0.4) is 0 Å². The van der Waals surface area contributed by atoms with Crippen molar-refractivity contribution in [1.82, 2.24) is 5.32 Å². The second kappa shape index (κ2) is 9.11. The molecule has 0 spiro atoms. The predicted octanol–water partition coefficient (Wildman–Crippen LogP) is 3.08. The van der Waals surface area contributed by atoms with Crippen molar-refractivity contribution in [1.29, 1.82) is 0 Å². The topological polar surface area (TPSA) is 94.1 Å². The molecule has 32 heavy (non-hydrogen) atoms. The zero-order chi connectivity index (χ0) is 22.7. The van der Waals surface area contributed by atoms with Gasteiger partial charge in [-0.15, -0.1) is 0 Å². The van der Waals surface area contributed by atoms with Crippen molar-refractivity contribution in [2.45, 2.75) is 6.10 Å². The largest absolute Gasteiger partial charge is 0.493 e. The van der Waals surface area contributed by atoms with E-state index >= 15 is 0 Å². The van der Waals surface area contributed by atoms with Gasteiger partial charge in [-0.1, -0.05) is 36.4 Å². The van der Waals surface area contributed by atoms with Crippen molar-refractivity contribution in [2.75, 3.05) is 27.4 Å². The molecule has 0 radical (unpaired) electrons. The smallest absolute Gasteiger partial charge is 0.251 e. The maximum atomic E-state index is 12.6. The van der Waals surface area contributed by atoms with Crippen molar-refractivity contribution in [3.05, 3.63) is 77.4 Å². The highest BCUT2D eigenvalue weighted by molar-refractivity contribution is 6.22. The third-order valence-electron chi connectivity index (χ3n) is 5.29. The van der Waals surface area contributed by atoms with Crippen LogP contribution in [-0.2, 0) is 0 Å². The molecule has 1 aliphatic rings. The van der Waals surface area contributed by atoms with Crippen molar-refractivity contribution in [3.8, 4) is 28.4 Å². The summed E-state index contributed by atoms with van der Waals surface area (Å²) in [5.74, 6) is 0.850. The van der Waals surface area contributed by atoms with Gasteiger partial charge in [0.25, 0.3) is 5.91 Å². The zero-order valence-corrected chi connectivity index (χ0v) is 17.8. The van der Waals surface area contributed by atoms with Crippen molar-refractivity contribution in [2.24, 2.45) is 0 Å². The first kappa shape index (κ1) is 21.4. The minimum atomic E-state index is -0.964. The molecule has 0 aromatic heterocycles. The molecule has 164 valence electrons. The number of carbonyl (C=O) groups is 2. The van der Waals surface area contributed by atoms with Crippen molar-refractivity contribution < 1.29 is 28.9 Å². The Hall–Kier alpha value is -3.84. The Balaban J connectivity index is 1.37. The van der Waals surface area contributed by atoms with Gasteiger partial charge >= 0.3 is 0 Å². The molecular weight excluding hydrogens is 410 g/mol. The molecular formula is C25H23NO6. The second-order valence-electron chi connectivity index (χ2n) is 7.30. The summed E-state index contributed by atoms with van der Waals surface area (Å²) in [7, 11) is 3.02. The van der Waals surface area contributed by atoms with Gasteiger partial charge in [0.1, 0.15) is 12.7 Å². The van der Waals surface area contributed by atoms with Crippen LogP contribution in [0.2, 0.25) is 0 Å². The van der Waals surface area contributed by atoms with E-state index in [-0.39, 0.29) is 24.8 Å². The molecule has 0 bridgehead atoms. The Morgan fingerprint density at radius 2 is 1.56 bits per heavy atom. The molecule has 1 aliphatic carbocycles. The summed E-state index contributed by atoms with van der Waals surface area (Å²) >= 11 is 0. The number of methoxy groups -OCH3 is 2. The SMILES string of the molecule is COc1cccc(OC)c1OCC(O)CNC(=O)c1ccc2c(c1)C(=O)c1ccccc1-2. The Morgan fingerprint density at radius 3 is 2.25 bits per heavy atom. The molecule has 7 heteroatoms. The third kappa shape index (κ3) is 4.02.